The van der Waals surface area contributed by atoms with Crippen LogP contribution in [0.4, 0.5) is 4.79 Å². The molecule has 0 spiro atoms. The summed E-state index contributed by atoms with van der Waals surface area (Å²) in [5.41, 5.74) is 0.209. The van der Waals surface area contributed by atoms with E-state index in [1.54, 1.807) is 23.1 Å². The van der Waals surface area contributed by atoms with Gasteiger partial charge in [-0.15, -0.1) is 4.72 Å². The largest absolute Gasteiger partial charge is 0.598 e. The molecule has 0 radical (unpaired) electrons. The van der Waals surface area contributed by atoms with E-state index in [-0.39, 0.29) is 36.5 Å². The molecule has 2 aliphatic heterocycles. The normalized spacial score (nSPS) is 18.8. The Morgan fingerprint density at radius 3 is 2.26 bits per heavy atom. The molecular weight excluding hydrogens is 561 g/mol. The van der Waals surface area contributed by atoms with Gasteiger partial charge in [0, 0.05) is 49.2 Å². The first-order valence-electron chi connectivity index (χ1n) is 13.3. The minimum Gasteiger partial charge on any atom is -0.598 e. The maximum absolute atomic E-state index is 13.2. The topological polar surface area (TPSA) is 94.2 Å². The molecule has 2 aliphatic rings. The Morgan fingerprint density at radius 2 is 1.72 bits per heavy atom. The van der Waals surface area contributed by atoms with Crippen molar-refractivity contribution in [3.05, 3.63) is 40.4 Å². The summed E-state index contributed by atoms with van der Waals surface area (Å²) in [6, 6.07) is 3.13. The van der Waals surface area contributed by atoms with Crippen molar-refractivity contribution in [3.63, 3.8) is 0 Å². The Balaban J connectivity index is 1.71. The molecule has 8 nitrogen and oxygen atoms in total. The van der Waals surface area contributed by atoms with E-state index in [9.17, 15) is 14.1 Å². The van der Waals surface area contributed by atoms with Crippen molar-refractivity contribution in [2.45, 2.75) is 70.8 Å². The van der Waals surface area contributed by atoms with Crippen LogP contribution in [-0.2, 0) is 20.9 Å². The van der Waals surface area contributed by atoms with Crippen molar-refractivity contribution < 1.29 is 23.6 Å². The lowest BCUT2D eigenvalue weighted by Gasteiger charge is -2.43. The molecule has 1 aromatic carbocycles. The molecule has 11 heteroatoms. The highest BCUT2D eigenvalue weighted by molar-refractivity contribution is 7.90. The van der Waals surface area contributed by atoms with Gasteiger partial charge in [-0.2, -0.15) is 0 Å². The van der Waals surface area contributed by atoms with E-state index >= 15 is 0 Å². The van der Waals surface area contributed by atoms with Crippen molar-refractivity contribution in [1.82, 2.24) is 14.5 Å². The van der Waals surface area contributed by atoms with Gasteiger partial charge in [0.05, 0.1) is 22.0 Å². The molecule has 2 amide bonds. The van der Waals surface area contributed by atoms with Gasteiger partial charge >= 0.3 is 6.09 Å². The van der Waals surface area contributed by atoms with Gasteiger partial charge in [-0.25, -0.2) is 4.79 Å². The molecule has 2 heterocycles. The molecule has 0 aromatic heterocycles. The first-order chi connectivity index (χ1) is 18.1. The first kappa shape index (κ1) is 31.9. The second-order valence-electron chi connectivity index (χ2n) is 12.1. The monoisotopic (exact) mass is 601 g/mol. The Labute approximate surface area is 245 Å². The van der Waals surface area contributed by atoms with Gasteiger partial charge in [0.2, 0.25) is 5.91 Å². The maximum Gasteiger partial charge on any atom is 0.410 e. The van der Waals surface area contributed by atoms with Gasteiger partial charge in [-0.3, -0.25) is 4.79 Å². The lowest BCUT2D eigenvalue weighted by Crippen LogP contribution is -2.58. The number of likely N-dealkylation sites (tertiary alicyclic amines) is 2. The summed E-state index contributed by atoms with van der Waals surface area (Å²) < 4.78 is 27.4. The SMILES string of the molecule is C=CCOc1cc(Cl)c(Cl)cc1[C@H](N[S+]([O-])C(C)(C)C)C1CCN(C(=O)C2CN(C(=O)OC(C)(C)C)C2)CC1. The predicted octanol–water partition coefficient (Wildman–Crippen LogP) is 5.76. The number of hydrogen-bond donors (Lipinski definition) is 1. The van der Waals surface area contributed by atoms with Gasteiger partial charge in [-0.1, -0.05) is 35.9 Å². The van der Waals surface area contributed by atoms with Crippen molar-refractivity contribution in [1.29, 1.82) is 0 Å². The van der Waals surface area contributed by atoms with Crippen molar-refractivity contribution in [2.24, 2.45) is 11.8 Å². The van der Waals surface area contributed by atoms with Crippen molar-refractivity contribution in [2.75, 3.05) is 32.8 Å². The van der Waals surface area contributed by atoms with E-state index in [0.29, 0.717) is 54.8 Å². The second-order valence-corrected chi connectivity index (χ2v) is 14.9. The van der Waals surface area contributed by atoms with Gasteiger partial charge in [0.15, 0.2) is 0 Å². The molecule has 2 saturated heterocycles. The van der Waals surface area contributed by atoms with Crippen LogP contribution >= 0.6 is 23.2 Å². The average molecular weight is 603 g/mol. The molecule has 0 aliphatic carbocycles. The van der Waals surface area contributed by atoms with Crippen LogP contribution in [0.5, 0.6) is 5.75 Å². The van der Waals surface area contributed by atoms with Crippen LogP contribution in [0.2, 0.25) is 10.0 Å². The molecule has 3 rings (SSSR count). The van der Waals surface area contributed by atoms with E-state index in [4.69, 9.17) is 32.7 Å². The predicted molar refractivity (Wildman–Crippen MR) is 157 cm³/mol. The molecule has 2 fully saturated rings. The van der Waals surface area contributed by atoms with Crippen molar-refractivity contribution in [3.8, 4) is 5.75 Å². The minimum absolute atomic E-state index is 0.0561. The maximum atomic E-state index is 13.2. The molecule has 0 bridgehead atoms. The summed E-state index contributed by atoms with van der Waals surface area (Å²) in [7, 11) is 0. The Bertz CT molecular complexity index is 1040. The number of ether oxygens (including phenoxy) is 2. The summed E-state index contributed by atoms with van der Waals surface area (Å²) in [6.07, 6.45) is 2.67. The van der Waals surface area contributed by atoms with Crippen LogP contribution < -0.4 is 9.46 Å². The zero-order chi connectivity index (χ0) is 29.1. The van der Waals surface area contributed by atoms with E-state index in [1.165, 1.54) is 0 Å². The number of carbonyl (C=O) groups excluding carboxylic acids is 2. The third kappa shape index (κ3) is 8.43. The van der Waals surface area contributed by atoms with Crippen LogP contribution in [0, 0.1) is 11.8 Å². The minimum atomic E-state index is -1.36. The third-order valence-corrected chi connectivity index (χ3v) is 9.04. The van der Waals surface area contributed by atoms with E-state index < -0.39 is 21.7 Å². The fraction of sp³-hybridized carbons (Fsp3) is 0.643. The van der Waals surface area contributed by atoms with Gasteiger partial charge in [0.25, 0.3) is 0 Å². The van der Waals surface area contributed by atoms with Gasteiger partial charge in [-0.05, 0) is 66.4 Å². The number of piperidine rings is 1. The number of nitrogens with one attached hydrogen (secondary N) is 1. The Morgan fingerprint density at radius 1 is 1.13 bits per heavy atom. The number of nitrogens with zero attached hydrogens (tertiary/aromatic N) is 2. The van der Waals surface area contributed by atoms with Crippen LogP contribution in [-0.4, -0.2) is 69.5 Å². The molecule has 2 atom stereocenters. The zero-order valence-electron chi connectivity index (χ0n) is 23.7. The molecule has 39 heavy (non-hydrogen) atoms. The highest BCUT2D eigenvalue weighted by atomic mass is 35.5. The lowest BCUT2D eigenvalue weighted by atomic mass is 9.85. The number of halogens is 2. The smallest absolute Gasteiger partial charge is 0.410 e. The molecule has 1 N–H and O–H groups in total. The second kappa shape index (κ2) is 12.9. The van der Waals surface area contributed by atoms with Crippen LogP contribution in [0.1, 0.15) is 66.0 Å². The number of amides is 2. The molecule has 1 aromatic rings. The molecular formula is C28H41Cl2N3O5S. The Kier molecular flexibility index (Phi) is 10.5. The fourth-order valence-corrected chi connectivity index (χ4v) is 5.82. The van der Waals surface area contributed by atoms with Gasteiger partial charge in [0.1, 0.15) is 22.7 Å². The average Bonchev–Trinajstić information content (AvgIpc) is 2.80. The van der Waals surface area contributed by atoms with Crippen molar-refractivity contribution >= 4 is 46.6 Å². The number of rotatable bonds is 8. The van der Waals surface area contributed by atoms with Crippen LogP contribution in [0.3, 0.4) is 0 Å². The highest BCUT2D eigenvalue weighted by Gasteiger charge is 2.42. The zero-order valence-corrected chi connectivity index (χ0v) is 26.0. The Hall–Kier alpha value is -1.65. The standard InChI is InChI=1S/C28H41Cl2N3O5S/c1-8-13-37-23-15-22(30)21(29)14-20(23)24(31-39(36)28(5,6)7)18-9-11-32(12-10-18)25(34)19-16-33(17-19)26(35)38-27(2,3)4/h8,14-15,18-19,24,31H,1,9-13,16-17H2,2-7H3/t24-,39?/m1/s1. The van der Waals surface area contributed by atoms with E-state index in [0.717, 1.165) is 5.56 Å². The highest BCUT2D eigenvalue weighted by Crippen LogP contribution is 2.41. The summed E-state index contributed by atoms with van der Waals surface area (Å²) in [5, 5.41) is 0.759. The summed E-state index contributed by atoms with van der Waals surface area (Å²) in [5.74, 6) is 0.470. The quantitative estimate of drug-likeness (QED) is 0.301. The summed E-state index contributed by atoms with van der Waals surface area (Å²) in [6.45, 7) is 17.1. The first-order valence-corrected chi connectivity index (χ1v) is 15.2. The molecule has 218 valence electrons. The van der Waals surface area contributed by atoms with E-state index in [2.05, 4.69) is 11.3 Å². The number of benzene rings is 1. The third-order valence-electron chi connectivity index (χ3n) is 6.74. The van der Waals surface area contributed by atoms with Crippen LogP contribution in [0.15, 0.2) is 24.8 Å². The fourth-order valence-electron chi connectivity index (χ4n) is 4.59. The summed E-state index contributed by atoms with van der Waals surface area (Å²) in [4.78, 5) is 28.9. The van der Waals surface area contributed by atoms with E-state index in [1.807, 2.05) is 46.4 Å². The molecule has 0 saturated carbocycles. The lowest BCUT2D eigenvalue weighted by molar-refractivity contribution is -0.142. The number of carbonyl (C=O) groups is 2. The van der Waals surface area contributed by atoms with Gasteiger partial charge < -0.3 is 23.8 Å². The molecule has 1 unspecified atom stereocenters. The summed E-state index contributed by atoms with van der Waals surface area (Å²) >= 11 is 11.4. The number of hydrogen-bond acceptors (Lipinski definition) is 6. The van der Waals surface area contributed by atoms with Crippen LogP contribution in [0.25, 0.3) is 0 Å².